The van der Waals surface area contributed by atoms with Gasteiger partial charge in [0.05, 0.1) is 5.02 Å². The molecular weight excluding hydrogens is 262 g/mol. The van der Waals surface area contributed by atoms with Crippen molar-refractivity contribution in [3.63, 3.8) is 0 Å². The van der Waals surface area contributed by atoms with Crippen molar-refractivity contribution in [3.05, 3.63) is 69.5 Å². The molecule has 1 atom stereocenters. The Kier molecular flexibility index (Phi) is 3.67. The topological polar surface area (TPSA) is 20.2 Å². The smallest absolute Gasteiger partial charge is 0.142 e. The van der Waals surface area contributed by atoms with E-state index in [2.05, 4.69) is 0 Å². The second-order valence-corrected chi connectivity index (χ2v) is 4.41. The van der Waals surface area contributed by atoms with Crippen molar-refractivity contribution in [2.24, 2.45) is 0 Å². The largest absolute Gasteiger partial charge is 0.384 e. The molecule has 0 bridgehead atoms. The maximum absolute atomic E-state index is 13.3. The highest BCUT2D eigenvalue weighted by Gasteiger charge is 2.14. The molecule has 0 saturated heterocycles. The molecule has 88 valence electrons. The van der Waals surface area contributed by atoms with Gasteiger partial charge in [-0.1, -0.05) is 47.5 Å². The average molecular weight is 271 g/mol. The van der Waals surface area contributed by atoms with Crippen LogP contribution < -0.4 is 0 Å². The van der Waals surface area contributed by atoms with E-state index in [1.165, 1.54) is 12.1 Å². The lowest BCUT2D eigenvalue weighted by molar-refractivity contribution is 0.220. The van der Waals surface area contributed by atoms with Gasteiger partial charge in [-0.15, -0.1) is 0 Å². The summed E-state index contributed by atoms with van der Waals surface area (Å²) in [6.07, 6.45) is -0.963. The van der Waals surface area contributed by atoms with E-state index in [1.807, 2.05) is 0 Å². The van der Waals surface area contributed by atoms with Crippen LogP contribution in [0.15, 0.2) is 42.5 Å². The summed E-state index contributed by atoms with van der Waals surface area (Å²) in [5.74, 6) is -0.560. The van der Waals surface area contributed by atoms with Gasteiger partial charge in [0.15, 0.2) is 0 Å². The Morgan fingerprint density at radius 2 is 1.71 bits per heavy atom. The first-order valence-electron chi connectivity index (χ1n) is 4.97. The molecule has 0 radical (unpaired) electrons. The number of halogens is 3. The standard InChI is InChI=1S/C13H9Cl2FO/c14-10-4-2-1-3-9(10)13(17)8-5-6-11(15)12(16)7-8/h1-7,13,17H. The highest BCUT2D eigenvalue weighted by molar-refractivity contribution is 6.31. The van der Waals surface area contributed by atoms with Crippen LogP contribution in [0.5, 0.6) is 0 Å². The normalized spacial score (nSPS) is 12.5. The molecule has 1 unspecified atom stereocenters. The Hall–Kier alpha value is -1.09. The van der Waals surface area contributed by atoms with Crippen LogP contribution in [0.3, 0.4) is 0 Å². The highest BCUT2D eigenvalue weighted by atomic mass is 35.5. The first-order valence-corrected chi connectivity index (χ1v) is 5.72. The monoisotopic (exact) mass is 270 g/mol. The molecule has 0 amide bonds. The van der Waals surface area contributed by atoms with E-state index in [-0.39, 0.29) is 5.02 Å². The van der Waals surface area contributed by atoms with Gasteiger partial charge in [0.25, 0.3) is 0 Å². The minimum Gasteiger partial charge on any atom is -0.384 e. The Bertz CT molecular complexity index is 543. The molecule has 0 aliphatic rings. The van der Waals surface area contributed by atoms with Gasteiger partial charge in [-0.3, -0.25) is 0 Å². The molecule has 17 heavy (non-hydrogen) atoms. The number of benzene rings is 2. The molecule has 4 heteroatoms. The number of hydrogen-bond donors (Lipinski definition) is 1. The zero-order chi connectivity index (χ0) is 12.4. The number of aliphatic hydroxyl groups excluding tert-OH is 1. The number of hydrogen-bond acceptors (Lipinski definition) is 1. The minimum atomic E-state index is -0.963. The fraction of sp³-hybridized carbons (Fsp3) is 0.0769. The first kappa shape index (κ1) is 12.4. The van der Waals surface area contributed by atoms with Gasteiger partial charge in [-0.2, -0.15) is 0 Å². The van der Waals surface area contributed by atoms with Crippen molar-refractivity contribution in [1.29, 1.82) is 0 Å². The summed E-state index contributed by atoms with van der Waals surface area (Å²) in [4.78, 5) is 0. The van der Waals surface area contributed by atoms with Crippen LogP contribution >= 0.6 is 23.2 Å². The van der Waals surface area contributed by atoms with Crippen molar-refractivity contribution in [2.75, 3.05) is 0 Å². The van der Waals surface area contributed by atoms with Crippen molar-refractivity contribution in [1.82, 2.24) is 0 Å². The van der Waals surface area contributed by atoms with Crippen LogP contribution in [0.4, 0.5) is 4.39 Å². The predicted molar refractivity (Wildman–Crippen MR) is 66.9 cm³/mol. The van der Waals surface area contributed by atoms with E-state index in [4.69, 9.17) is 23.2 Å². The van der Waals surface area contributed by atoms with Crippen molar-refractivity contribution < 1.29 is 9.50 Å². The van der Waals surface area contributed by atoms with Gasteiger partial charge in [0.1, 0.15) is 11.9 Å². The second-order valence-electron chi connectivity index (χ2n) is 3.60. The average Bonchev–Trinajstić information content (AvgIpc) is 2.32. The lowest BCUT2D eigenvalue weighted by atomic mass is 10.0. The van der Waals surface area contributed by atoms with Crippen LogP contribution in [0, 0.1) is 5.82 Å². The molecule has 1 nitrogen and oxygen atoms in total. The molecule has 0 aliphatic carbocycles. The third kappa shape index (κ3) is 2.60. The summed E-state index contributed by atoms with van der Waals surface area (Å²) in [5, 5.41) is 10.6. The van der Waals surface area contributed by atoms with Crippen LogP contribution in [0.2, 0.25) is 10.0 Å². The molecule has 0 aromatic heterocycles. The molecule has 0 spiro atoms. The van der Waals surface area contributed by atoms with Crippen LogP contribution in [0.1, 0.15) is 17.2 Å². The first-order chi connectivity index (χ1) is 8.09. The molecule has 0 heterocycles. The molecule has 1 N–H and O–H groups in total. The van der Waals surface area contributed by atoms with E-state index >= 15 is 0 Å². The Labute approximate surface area is 108 Å². The van der Waals surface area contributed by atoms with Gasteiger partial charge in [0.2, 0.25) is 0 Å². The fourth-order valence-corrected chi connectivity index (χ4v) is 1.92. The summed E-state index contributed by atoms with van der Waals surface area (Å²) >= 11 is 11.5. The summed E-state index contributed by atoms with van der Waals surface area (Å²) in [5.41, 5.74) is 0.955. The van der Waals surface area contributed by atoms with E-state index in [1.54, 1.807) is 30.3 Å². The molecule has 2 aromatic rings. The minimum absolute atomic E-state index is 0.0279. The lowest BCUT2D eigenvalue weighted by Crippen LogP contribution is -2.01. The quantitative estimate of drug-likeness (QED) is 0.867. The number of rotatable bonds is 2. The zero-order valence-electron chi connectivity index (χ0n) is 8.70. The van der Waals surface area contributed by atoms with Crippen LogP contribution in [0.25, 0.3) is 0 Å². The fourth-order valence-electron chi connectivity index (χ4n) is 1.56. The molecule has 2 rings (SSSR count). The van der Waals surface area contributed by atoms with E-state index in [9.17, 15) is 9.50 Å². The summed E-state index contributed by atoms with van der Waals surface area (Å²) < 4.78 is 13.3. The van der Waals surface area contributed by atoms with Crippen molar-refractivity contribution >= 4 is 23.2 Å². The Balaban J connectivity index is 2.40. The second kappa shape index (κ2) is 5.05. The predicted octanol–water partition coefficient (Wildman–Crippen LogP) is 4.21. The van der Waals surface area contributed by atoms with Gasteiger partial charge in [-0.05, 0) is 23.8 Å². The summed E-state index contributed by atoms with van der Waals surface area (Å²) in [6, 6.07) is 11.1. The van der Waals surface area contributed by atoms with Gasteiger partial charge >= 0.3 is 0 Å². The maximum Gasteiger partial charge on any atom is 0.142 e. The Morgan fingerprint density at radius 3 is 2.35 bits per heavy atom. The van der Waals surface area contributed by atoms with Gasteiger partial charge in [0, 0.05) is 10.6 Å². The molecule has 0 saturated carbocycles. The SMILES string of the molecule is OC(c1ccc(Cl)c(F)c1)c1ccccc1Cl. The third-order valence-electron chi connectivity index (χ3n) is 2.46. The molecular formula is C13H9Cl2FO. The Morgan fingerprint density at radius 1 is 1.00 bits per heavy atom. The third-order valence-corrected chi connectivity index (χ3v) is 3.11. The van der Waals surface area contributed by atoms with Gasteiger partial charge in [-0.25, -0.2) is 4.39 Å². The lowest BCUT2D eigenvalue weighted by Gasteiger charge is -2.13. The molecule has 0 aliphatic heterocycles. The highest BCUT2D eigenvalue weighted by Crippen LogP contribution is 2.29. The van der Waals surface area contributed by atoms with E-state index in [0.717, 1.165) is 0 Å². The zero-order valence-corrected chi connectivity index (χ0v) is 10.2. The molecule has 0 fully saturated rings. The van der Waals surface area contributed by atoms with E-state index in [0.29, 0.717) is 16.1 Å². The van der Waals surface area contributed by atoms with E-state index < -0.39 is 11.9 Å². The van der Waals surface area contributed by atoms with Crippen LogP contribution in [-0.2, 0) is 0 Å². The summed E-state index contributed by atoms with van der Waals surface area (Å²) in [6.45, 7) is 0. The van der Waals surface area contributed by atoms with Gasteiger partial charge < -0.3 is 5.11 Å². The van der Waals surface area contributed by atoms with Crippen molar-refractivity contribution in [2.45, 2.75) is 6.10 Å². The maximum atomic E-state index is 13.3. The molecule has 2 aromatic carbocycles. The van der Waals surface area contributed by atoms with Crippen molar-refractivity contribution in [3.8, 4) is 0 Å². The summed E-state index contributed by atoms with van der Waals surface area (Å²) in [7, 11) is 0. The van der Waals surface area contributed by atoms with Crippen LogP contribution in [-0.4, -0.2) is 5.11 Å². The number of aliphatic hydroxyl groups is 1.